The molecule has 0 aromatic rings. The van der Waals surface area contributed by atoms with Gasteiger partial charge in [-0.15, -0.1) is 0 Å². The number of nitrogens with one attached hydrogen (secondary N) is 1. The van der Waals surface area contributed by atoms with Gasteiger partial charge in [0.15, 0.2) is 6.29 Å². The minimum absolute atomic E-state index is 0.0280. The van der Waals surface area contributed by atoms with Crippen LogP contribution in [0.1, 0.15) is 12.8 Å². The van der Waals surface area contributed by atoms with Gasteiger partial charge in [0.25, 0.3) is 5.91 Å². The Hall–Kier alpha value is -2.11. The highest BCUT2D eigenvalue weighted by Gasteiger charge is 2.28. The highest BCUT2D eigenvalue weighted by atomic mass is 16.7. The third-order valence-electron chi connectivity index (χ3n) is 3.54. The Morgan fingerprint density at radius 1 is 1.41 bits per heavy atom. The van der Waals surface area contributed by atoms with Gasteiger partial charge in [-0.25, -0.2) is 0 Å². The summed E-state index contributed by atoms with van der Waals surface area (Å²) < 4.78 is 9.96. The van der Waals surface area contributed by atoms with Gasteiger partial charge in [0, 0.05) is 33.5 Å². The molecule has 0 aromatic carbocycles. The highest BCUT2D eigenvalue weighted by molar-refractivity contribution is 5.97. The SMILES string of the molecule is COC(CN/C=C(/C#N)C(=O)N1CCC(C(=O)O)CC1)OC. The third kappa shape index (κ3) is 5.02. The molecule has 1 aliphatic heterocycles. The highest BCUT2D eigenvalue weighted by Crippen LogP contribution is 2.18. The molecular formula is C14H21N3O5. The van der Waals surface area contributed by atoms with Crippen molar-refractivity contribution in [2.75, 3.05) is 33.9 Å². The van der Waals surface area contributed by atoms with Crippen LogP contribution in [0, 0.1) is 17.2 Å². The minimum atomic E-state index is -0.838. The fraction of sp³-hybridized carbons (Fsp3) is 0.643. The molecule has 1 aliphatic rings. The molecule has 22 heavy (non-hydrogen) atoms. The number of carbonyl (C=O) groups excluding carboxylic acids is 1. The maximum Gasteiger partial charge on any atom is 0.306 e. The second-order valence-corrected chi connectivity index (χ2v) is 4.88. The summed E-state index contributed by atoms with van der Waals surface area (Å²) in [7, 11) is 2.98. The number of methoxy groups -OCH3 is 2. The van der Waals surface area contributed by atoms with Crippen LogP contribution in [0.2, 0.25) is 0 Å². The number of likely N-dealkylation sites (tertiary alicyclic amines) is 1. The second kappa shape index (κ2) is 9.02. The molecule has 1 heterocycles. The number of nitrogens with zero attached hydrogens (tertiary/aromatic N) is 2. The summed E-state index contributed by atoms with van der Waals surface area (Å²) in [4.78, 5) is 24.6. The first-order chi connectivity index (χ1) is 10.5. The maximum absolute atomic E-state index is 12.2. The van der Waals surface area contributed by atoms with E-state index in [4.69, 9.17) is 19.8 Å². The van der Waals surface area contributed by atoms with Gasteiger partial charge in [0.1, 0.15) is 11.6 Å². The molecule has 0 unspecified atom stereocenters. The molecule has 0 aromatic heterocycles. The number of aliphatic carboxylic acids is 1. The average Bonchev–Trinajstić information content (AvgIpc) is 2.54. The van der Waals surface area contributed by atoms with Crippen molar-refractivity contribution < 1.29 is 24.2 Å². The first kappa shape index (κ1) is 17.9. The average molecular weight is 311 g/mol. The number of hydrogen-bond donors (Lipinski definition) is 2. The number of carbonyl (C=O) groups is 2. The first-order valence-electron chi connectivity index (χ1n) is 6.94. The van der Waals surface area contributed by atoms with Gasteiger partial charge in [0.05, 0.1) is 12.5 Å². The van der Waals surface area contributed by atoms with Crippen LogP contribution in [-0.2, 0) is 19.1 Å². The molecule has 0 radical (unpaired) electrons. The van der Waals surface area contributed by atoms with E-state index in [1.54, 1.807) is 0 Å². The van der Waals surface area contributed by atoms with Crippen LogP contribution in [0.4, 0.5) is 0 Å². The van der Waals surface area contributed by atoms with E-state index in [0.29, 0.717) is 32.5 Å². The van der Waals surface area contributed by atoms with E-state index in [0.717, 1.165) is 0 Å². The van der Waals surface area contributed by atoms with E-state index < -0.39 is 24.1 Å². The molecule has 1 saturated heterocycles. The van der Waals surface area contributed by atoms with Crippen molar-refractivity contribution in [3.8, 4) is 6.07 Å². The van der Waals surface area contributed by atoms with E-state index >= 15 is 0 Å². The first-order valence-corrected chi connectivity index (χ1v) is 6.94. The van der Waals surface area contributed by atoms with Gasteiger partial charge < -0.3 is 24.8 Å². The van der Waals surface area contributed by atoms with E-state index in [9.17, 15) is 9.59 Å². The monoisotopic (exact) mass is 311 g/mol. The van der Waals surface area contributed by atoms with Gasteiger partial charge in [0.2, 0.25) is 0 Å². The van der Waals surface area contributed by atoms with Crippen LogP contribution in [0.15, 0.2) is 11.8 Å². The smallest absolute Gasteiger partial charge is 0.306 e. The Morgan fingerprint density at radius 2 is 2.00 bits per heavy atom. The van der Waals surface area contributed by atoms with E-state index in [1.807, 2.05) is 6.07 Å². The summed E-state index contributed by atoms with van der Waals surface area (Å²) in [5.74, 6) is -1.65. The van der Waals surface area contributed by atoms with Gasteiger partial charge in [-0.05, 0) is 12.8 Å². The number of amides is 1. The summed E-state index contributed by atoms with van der Waals surface area (Å²) in [6.07, 6.45) is 1.67. The molecule has 0 aliphatic carbocycles. The molecular weight excluding hydrogens is 290 g/mol. The molecule has 1 amide bonds. The predicted molar refractivity (Wildman–Crippen MR) is 76.4 cm³/mol. The third-order valence-corrected chi connectivity index (χ3v) is 3.54. The lowest BCUT2D eigenvalue weighted by molar-refractivity contribution is -0.145. The molecule has 0 atom stereocenters. The molecule has 8 nitrogen and oxygen atoms in total. The zero-order chi connectivity index (χ0) is 16.5. The largest absolute Gasteiger partial charge is 0.481 e. The lowest BCUT2D eigenvalue weighted by atomic mass is 9.97. The summed E-state index contributed by atoms with van der Waals surface area (Å²) in [6, 6.07) is 1.85. The number of piperidine rings is 1. The Kier molecular flexibility index (Phi) is 7.36. The molecule has 0 bridgehead atoms. The molecule has 2 N–H and O–H groups in total. The molecule has 0 saturated carbocycles. The predicted octanol–water partition coefficient (Wildman–Crippen LogP) is -0.0744. The maximum atomic E-state index is 12.2. The number of carboxylic acids is 1. The fourth-order valence-corrected chi connectivity index (χ4v) is 2.16. The number of ether oxygens (including phenoxy) is 2. The standard InChI is InChI=1S/C14H21N3O5/c1-21-12(22-2)9-16-8-11(7-15)13(18)17-5-3-10(4-6-17)14(19)20/h8,10,12,16H,3-6,9H2,1-2H3,(H,19,20)/b11-8-. The van der Waals surface area contributed by atoms with Crippen molar-refractivity contribution in [1.29, 1.82) is 5.26 Å². The van der Waals surface area contributed by atoms with Crippen molar-refractivity contribution >= 4 is 11.9 Å². The molecule has 8 heteroatoms. The van der Waals surface area contributed by atoms with E-state index in [-0.39, 0.29) is 5.57 Å². The van der Waals surface area contributed by atoms with Crippen LogP contribution in [0.25, 0.3) is 0 Å². The van der Waals surface area contributed by atoms with Crippen LogP contribution in [-0.4, -0.2) is 62.0 Å². The summed E-state index contributed by atoms with van der Waals surface area (Å²) in [5.41, 5.74) is -0.0280. The zero-order valence-corrected chi connectivity index (χ0v) is 12.7. The van der Waals surface area contributed by atoms with Gasteiger partial charge in [-0.3, -0.25) is 9.59 Å². The van der Waals surface area contributed by atoms with Crippen molar-refractivity contribution in [3.05, 3.63) is 11.8 Å². The normalized spacial score (nSPS) is 16.5. The molecule has 1 fully saturated rings. The number of carboxylic acid groups (broad SMARTS) is 1. The van der Waals surface area contributed by atoms with Crippen molar-refractivity contribution in [1.82, 2.24) is 10.2 Å². The Labute approximate surface area is 129 Å². The van der Waals surface area contributed by atoms with Crippen LogP contribution in [0.5, 0.6) is 0 Å². The Morgan fingerprint density at radius 3 is 2.45 bits per heavy atom. The number of nitriles is 1. The van der Waals surface area contributed by atoms with Gasteiger partial charge in [-0.1, -0.05) is 0 Å². The second-order valence-electron chi connectivity index (χ2n) is 4.88. The summed E-state index contributed by atoms with van der Waals surface area (Å²) >= 11 is 0. The minimum Gasteiger partial charge on any atom is -0.481 e. The summed E-state index contributed by atoms with van der Waals surface area (Å²) in [5, 5.41) is 20.8. The van der Waals surface area contributed by atoms with Crippen LogP contribution < -0.4 is 5.32 Å². The molecule has 1 rings (SSSR count). The van der Waals surface area contributed by atoms with Crippen LogP contribution >= 0.6 is 0 Å². The lowest BCUT2D eigenvalue weighted by Gasteiger charge is -2.29. The number of hydrogen-bond acceptors (Lipinski definition) is 6. The Bertz CT molecular complexity index is 460. The Balaban J connectivity index is 2.55. The topological polar surface area (TPSA) is 112 Å². The van der Waals surface area contributed by atoms with Gasteiger partial charge >= 0.3 is 5.97 Å². The van der Waals surface area contributed by atoms with Crippen molar-refractivity contribution in [2.45, 2.75) is 19.1 Å². The summed E-state index contributed by atoms with van der Waals surface area (Å²) in [6.45, 7) is 0.980. The lowest BCUT2D eigenvalue weighted by Crippen LogP contribution is -2.41. The van der Waals surface area contributed by atoms with Crippen LogP contribution in [0.3, 0.4) is 0 Å². The fourth-order valence-electron chi connectivity index (χ4n) is 2.16. The number of rotatable bonds is 7. The van der Waals surface area contributed by atoms with Crippen molar-refractivity contribution in [2.24, 2.45) is 5.92 Å². The van der Waals surface area contributed by atoms with Crippen molar-refractivity contribution in [3.63, 3.8) is 0 Å². The van der Waals surface area contributed by atoms with E-state index in [1.165, 1.54) is 25.3 Å². The molecule has 0 spiro atoms. The van der Waals surface area contributed by atoms with Gasteiger partial charge in [-0.2, -0.15) is 5.26 Å². The zero-order valence-electron chi connectivity index (χ0n) is 12.7. The van der Waals surface area contributed by atoms with E-state index in [2.05, 4.69) is 5.32 Å². The quantitative estimate of drug-likeness (QED) is 0.384. The molecule has 122 valence electrons.